The van der Waals surface area contributed by atoms with Gasteiger partial charge in [-0.2, -0.15) is 0 Å². The van der Waals surface area contributed by atoms with E-state index in [1.807, 2.05) is 26.0 Å². The average Bonchev–Trinajstić information content (AvgIpc) is 3.18. The van der Waals surface area contributed by atoms with E-state index in [1.165, 1.54) is 30.4 Å². The summed E-state index contributed by atoms with van der Waals surface area (Å²) in [4.78, 5) is 4.36. The van der Waals surface area contributed by atoms with Crippen molar-refractivity contribution in [3.8, 4) is 26.9 Å². The normalized spacial score (nSPS) is 12.9. The molecule has 0 aliphatic heterocycles. The Morgan fingerprint density at radius 3 is 2.55 bits per heavy atom. The van der Waals surface area contributed by atoms with Crippen LogP contribution in [0.3, 0.4) is 0 Å². The fourth-order valence-corrected chi connectivity index (χ4v) is 3.64. The number of aromatic nitrogens is 3. The van der Waals surface area contributed by atoms with Crippen LogP contribution in [-0.4, -0.2) is 45.1 Å². The number of nitrogens with one attached hydrogen (secondary N) is 1. The van der Waals surface area contributed by atoms with Crippen LogP contribution >= 0.6 is 35.3 Å². The summed E-state index contributed by atoms with van der Waals surface area (Å²) >= 11 is 7.61. The Balaban J connectivity index is 0.00000341. The minimum atomic E-state index is -0.771. The van der Waals surface area contributed by atoms with Gasteiger partial charge in [-0.15, -0.1) is 22.6 Å². The van der Waals surface area contributed by atoms with Crippen LogP contribution in [0, 0.1) is 5.82 Å². The number of halogens is 3. The summed E-state index contributed by atoms with van der Waals surface area (Å²) in [6, 6.07) is 6.03. The van der Waals surface area contributed by atoms with Crippen LogP contribution in [0.15, 0.2) is 30.5 Å². The van der Waals surface area contributed by atoms with Crippen molar-refractivity contribution < 1.29 is 14.2 Å². The molecule has 0 bridgehead atoms. The van der Waals surface area contributed by atoms with Gasteiger partial charge in [-0.25, -0.2) is 9.37 Å². The molecule has 11 heteroatoms. The van der Waals surface area contributed by atoms with Gasteiger partial charge in [-0.3, -0.25) is 0 Å². The molecule has 3 aromatic rings. The van der Waals surface area contributed by atoms with Gasteiger partial charge in [0.05, 0.1) is 17.2 Å². The van der Waals surface area contributed by atoms with E-state index in [1.54, 1.807) is 6.20 Å². The van der Waals surface area contributed by atoms with Gasteiger partial charge in [0.25, 0.3) is 0 Å². The number of rotatable bonds is 8. The number of aliphatic hydroxyl groups excluding tert-OH is 1. The van der Waals surface area contributed by atoms with Gasteiger partial charge in [0.1, 0.15) is 22.4 Å². The zero-order chi connectivity index (χ0) is 21.8. The van der Waals surface area contributed by atoms with Gasteiger partial charge in [0.2, 0.25) is 0 Å². The zero-order valence-corrected chi connectivity index (χ0v) is 19.6. The predicted molar refractivity (Wildman–Crippen MR) is 125 cm³/mol. The summed E-state index contributed by atoms with van der Waals surface area (Å²) in [5.41, 5.74) is 6.92. The number of pyridine rings is 1. The van der Waals surface area contributed by atoms with Crippen molar-refractivity contribution in [2.75, 3.05) is 11.9 Å². The molecule has 2 atom stereocenters. The lowest BCUT2D eigenvalue weighted by molar-refractivity contribution is 0.129. The molecular weight excluding hydrogens is 464 g/mol. The van der Waals surface area contributed by atoms with Crippen molar-refractivity contribution in [3.63, 3.8) is 0 Å². The summed E-state index contributed by atoms with van der Waals surface area (Å²) in [5.74, 6) is 0.131. The van der Waals surface area contributed by atoms with Gasteiger partial charge >= 0.3 is 0 Å². The second kappa shape index (κ2) is 11.0. The monoisotopic (exact) mass is 487 g/mol. The Labute approximate surface area is 195 Å². The van der Waals surface area contributed by atoms with Crippen LogP contribution in [0.5, 0.6) is 5.75 Å². The Kier molecular flexibility index (Phi) is 8.96. The number of nitrogens with zero attached hydrogens (tertiary/aromatic N) is 3. The molecule has 0 saturated heterocycles. The highest BCUT2D eigenvalue weighted by molar-refractivity contribution is 7.18. The lowest BCUT2D eigenvalue weighted by atomic mass is 10.2. The number of anilines is 1. The summed E-state index contributed by atoms with van der Waals surface area (Å²) in [7, 11) is 0. The van der Waals surface area contributed by atoms with E-state index in [2.05, 4.69) is 20.5 Å². The van der Waals surface area contributed by atoms with E-state index < -0.39 is 18.0 Å². The first kappa shape index (κ1) is 25.2. The molecule has 0 spiro atoms. The summed E-state index contributed by atoms with van der Waals surface area (Å²) in [5, 5.41) is 22.4. The molecule has 31 heavy (non-hydrogen) atoms. The van der Waals surface area contributed by atoms with E-state index in [-0.39, 0.29) is 35.8 Å². The SMILES string of the molecule is CC(C)Nc1ccc(-c2nnc(-c3cc(F)c(OC[C@H](N)[C@H](C)O)cc3Cl)s2)cn1.Cl. The highest BCUT2D eigenvalue weighted by Crippen LogP contribution is 2.37. The maximum atomic E-state index is 14.5. The highest BCUT2D eigenvalue weighted by atomic mass is 35.5. The molecule has 0 amide bonds. The van der Waals surface area contributed by atoms with Crippen LogP contribution in [0.4, 0.5) is 10.2 Å². The Bertz CT molecular complexity index is 1000. The third kappa shape index (κ3) is 6.47. The first-order valence-corrected chi connectivity index (χ1v) is 10.6. The molecule has 3 rings (SSSR count). The molecule has 4 N–H and O–H groups in total. The van der Waals surface area contributed by atoms with Gasteiger partial charge in [-0.1, -0.05) is 22.9 Å². The molecule has 1 aromatic carbocycles. The van der Waals surface area contributed by atoms with Crippen LogP contribution in [0.2, 0.25) is 5.02 Å². The van der Waals surface area contributed by atoms with Crippen molar-refractivity contribution in [1.82, 2.24) is 15.2 Å². The van der Waals surface area contributed by atoms with E-state index in [0.717, 1.165) is 11.4 Å². The predicted octanol–water partition coefficient (Wildman–Crippen LogP) is 4.39. The largest absolute Gasteiger partial charge is 0.489 e. The molecule has 0 saturated carbocycles. The minimum absolute atomic E-state index is 0. The standard InChI is InChI=1S/C20H23ClFN5O2S.ClH/c1-10(2)25-18-5-4-12(8-24-18)19-26-27-20(30-19)13-6-15(22)17(7-14(13)21)29-9-16(23)11(3)28;/h4-8,10-11,16,28H,9,23H2,1-3H3,(H,24,25);1H/t11-,16-;/m0./s1. The summed E-state index contributed by atoms with van der Waals surface area (Å²) < 4.78 is 19.9. The maximum absolute atomic E-state index is 14.5. The maximum Gasteiger partial charge on any atom is 0.165 e. The van der Waals surface area contributed by atoms with Crippen molar-refractivity contribution in [3.05, 3.63) is 41.3 Å². The Morgan fingerprint density at radius 1 is 1.23 bits per heavy atom. The first-order valence-electron chi connectivity index (χ1n) is 9.37. The molecule has 2 heterocycles. The van der Waals surface area contributed by atoms with Crippen LogP contribution in [0.1, 0.15) is 20.8 Å². The fourth-order valence-electron chi connectivity index (χ4n) is 2.48. The van der Waals surface area contributed by atoms with Crippen LogP contribution < -0.4 is 15.8 Å². The smallest absolute Gasteiger partial charge is 0.165 e. The number of hydrogen-bond donors (Lipinski definition) is 3. The molecule has 0 fully saturated rings. The third-order valence-electron chi connectivity index (χ3n) is 4.17. The van der Waals surface area contributed by atoms with Crippen LogP contribution in [0.25, 0.3) is 21.1 Å². The average molecular weight is 488 g/mol. The molecule has 7 nitrogen and oxygen atoms in total. The van der Waals surface area contributed by atoms with Crippen LogP contribution in [-0.2, 0) is 0 Å². The van der Waals surface area contributed by atoms with Crippen molar-refractivity contribution in [2.45, 2.75) is 39.0 Å². The topological polar surface area (TPSA) is 106 Å². The molecular formula is C20H24Cl2FN5O2S. The number of nitrogens with two attached hydrogens (primary N) is 1. The molecule has 0 radical (unpaired) electrons. The second-order valence-corrected chi connectivity index (χ2v) is 8.51. The number of ether oxygens (including phenoxy) is 1. The number of aliphatic hydroxyl groups is 1. The molecule has 0 aliphatic rings. The van der Waals surface area contributed by atoms with E-state index in [9.17, 15) is 9.50 Å². The van der Waals surface area contributed by atoms with Crippen molar-refractivity contribution >= 4 is 41.2 Å². The molecule has 0 aliphatic carbocycles. The van der Waals surface area contributed by atoms with E-state index in [4.69, 9.17) is 22.1 Å². The van der Waals surface area contributed by atoms with Gasteiger partial charge < -0.3 is 20.9 Å². The summed E-state index contributed by atoms with van der Waals surface area (Å²) in [6.45, 7) is 5.57. The van der Waals surface area contributed by atoms with Gasteiger partial charge in [0.15, 0.2) is 11.6 Å². The van der Waals surface area contributed by atoms with Crippen molar-refractivity contribution in [1.29, 1.82) is 0 Å². The van der Waals surface area contributed by atoms with E-state index in [0.29, 0.717) is 15.6 Å². The Hall–Kier alpha value is -2.04. The first-order chi connectivity index (χ1) is 14.2. The minimum Gasteiger partial charge on any atom is -0.489 e. The van der Waals surface area contributed by atoms with E-state index >= 15 is 0 Å². The summed E-state index contributed by atoms with van der Waals surface area (Å²) in [6.07, 6.45) is 0.937. The lowest BCUT2D eigenvalue weighted by Crippen LogP contribution is -2.38. The highest BCUT2D eigenvalue weighted by Gasteiger charge is 2.17. The van der Waals surface area contributed by atoms with Crippen molar-refractivity contribution in [2.24, 2.45) is 5.73 Å². The van der Waals surface area contributed by atoms with Gasteiger partial charge in [-0.05, 0) is 39.0 Å². The molecule has 0 unspecified atom stereocenters. The third-order valence-corrected chi connectivity index (χ3v) is 5.49. The fraction of sp³-hybridized carbons (Fsp3) is 0.350. The number of benzene rings is 1. The number of hydrogen-bond acceptors (Lipinski definition) is 8. The lowest BCUT2D eigenvalue weighted by Gasteiger charge is -2.16. The molecule has 2 aromatic heterocycles. The zero-order valence-electron chi connectivity index (χ0n) is 17.2. The second-order valence-electron chi connectivity index (χ2n) is 7.12. The molecule has 168 valence electrons. The Morgan fingerprint density at radius 2 is 1.94 bits per heavy atom. The quantitative estimate of drug-likeness (QED) is 0.432. The van der Waals surface area contributed by atoms with Gasteiger partial charge in [0, 0.05) is 29.4 Å².